The predicted octanol–water partition coefficient (Wildman–Crippen LogP) is 4.88. The molecular weight excluding hydrogens is 342 g/mol. The Hall–Kier alpha value is -2.43. The Kier molecular flexibility index (Phi) is 6.72. The molecule has 0 heterocycles. The first kappa shape index (κ1) is 19.9. The average Bonchev–Trinajstić information content (AvgIpc) is 2.62. The van der Waals surface area contributed by atoms with Gasteiger partial charge in [0, 0.05) is 0 Å². The van der Waals surface area contributed by atoms with Gasteiger partial charge in [-0.1, -0.05) is 72.3 Å². The van der Waals surface area contributed by atoms with Crippen molar-refractivity contribution >= 4 is 15.6 Å². The molecule has 1 unspecified atom stereocenters. The molecule has 0 aliphatic heterocycles. The van der Waals surface area contributed by atoms with E-state index in [0.717, 1.165) is 22.3 Å². The predicted molar refractivity (Wildman–Crippen MR) is 109 cm³/mol. The lowest BCUT2D eigenvalue weighted by atomic mass is 9.94. The molecule has 0 saturated heterocycles. The Morgan fingerprint density at radius 3 is 2.27 bits per heavy atom. The van der Waals surface area contributed by atoms with Crippen molar-refractivity contribution in [2.75, 3.05) is 0 Å². The molecule has 0 spiro atoms. The van der Waals surface area contributed by atoms with Gasteiger partial charge in [-0.2, -0.15) is 4.72 Å². The number of allylic oxidation sites excluding steroid dienone is 2. The van der Waals surface area contributed by atoms with Crippen molar-refractivity contribution in [1.82, 2.24) is 4.72 Å². The van der Waals surface area contributed by atoms with Crippen molar-refractivity contribution in [2.45, 2.75) is 31.2 Å². The molecule has 1 N–H and O–H groups in total. The Morgan fingerprint density at radius 1 is 1.12 bits per heavy atom. The Balaban J connectivity index is 2.44. The second-order valence-electron chi connectivity index (χ2n) is 6.26. The van der Waals surface area contributed by atoms with E-state index in [-0.39, 0.29) is 4.90 Å². The summed E-state index contributed by atoms with van der Waals surface area (Å²) in [4.78, 5) is 0.241. The van der Waals surface area contributed by atoms with Crippen molar-refractivity contribution in [3.63, 3.8) is 0 Å². The zero-order valence-corrected chi connectivity index (χ0v) is 16.1. The number of rotatable bonds is 8. The van der Waals surface area contributed by atoms with Crippen LogP contribution < -0.4 is 4.72 Å². The topological polar surface area (TPSA) is 46.2 Å². The van der Waals surface area contributed by atoms with Crippen molar-refractivity contribution in [3.8, 4) is 0 Å². The molecule has 0 saturated carbocycles. The standard InChI is InChI=1S/C22H25NO2S/c1-5-6-12-21(19-10-8-7-9-11-19)22(17(2)3)23-26(24,25)20-15-13-18(4)14-16-20/h5,7-16,22-23H,1-2,6H2,3-4H3/b21-12-. The Labute approximate surface area is 156 Å². The first-order valence-electron chi connectivity index (χ1n) is 8.46. The largest absolute Gasteiger partial charge is 0.241 e. The van der Waals surface area contributed by atoms with Crippen LogP contribution in [-0.2, 0) is 10.0 Å². The molecule has 2 aromatic carbocycles. The smallest absolute Gasteiger partial charge is 0.207 e. The summed E-state index contributed by atoms with van der Waals surface area (Å²) >= 11 is 0. The van der Waals surface area contributed by atoms with Crippen LogP contribution >= 0.6 is 0 Å². The maximum atomic E-state index is 12.9. The summed E-state index contributed by atoms with van der Waals surface area (Å²) in [6.07, 6.45) is 4.41. The van der Waals surface area contributed by atoms with Gasteiger partial charge in [0.15, 0.2) is 0 Å². The summed E-state index contributed by atoms with van der Waals surface area (Å²) in [6, 6.07) is 16.0. The van der Waals surface area contributed by atoms with Crippen LogP contribution in [0.15, 0.2) is 90.4 Å². The van der Waals surface area contributed by atoms with Crippen LogP contribution in [0.5, 0.6) is 0 Å². The fourth-order valence-corrected chi connectivity index (χ4v) is 3.88. The number of aryl methyl sites for hydroxylation is 1. The van der Waals surface area contributed by atoms with Gasteiger partial charge in [0.05, 0.1) is 10.9 Å². The molecule has 2 aromatic rings. The van der Waals surface area contributed by atoms with E-state index in [4.69, 9.17) is 0 Å². The van der Waals surface area contributed by atoms with Gasteiger partial charge in [0.25, 0.3) is 0 Å². The number of sulfonamides is 1. The molecule has 3 nitrogen and oxygen atoms in total. The zero-order chi connectivity index (χ0) is 19.2. The van der Waals surface area contributed by atoms with Crippen molar-refractivity contribution in [1.29, 1.82) is 0 Å². The van der Waals surface area contributed by atoms with E-state index in [1.54, 1.807) is 30.3 Å². The summed E-state index contributed by atoms with van der Waals surface area (Å²) < 4.78 is 28.5. The van der Waals surface area contributed by atoms with E-state index < -0.39 is 16.1 Å². The van der Waals surface area contributed by atoms with Crippen LogP contribution in [0.25, 0.3) is 5.57 Å². The van der Waals surface area contributed by atoms with E-state index in [9.17, 15) is 8.42 Å². The van der Waals surface area contributed by atoms with E-state index in [1.807, 2.05) is 50.3 Å². The molecule has 2 rings (SSSR count). The molecule has 0 radical (unpaired) electrons. The molecule has 0 fully saturated rings. The summed E-state index contributed by atoms with van der Waals surface area (Å²) in [6.45, 7) is 11.5. The van der Waals surface area contributed by atoms with Crippen molar-refractivity contribution in [3.05, 3.63) is 96.6 Å². The van der Waals surface area contributed by atoms with Crippen LogP contribution in [0.2, 0.25) is 0 Å². The molecule has 26 heavy (non-hydrogen) atoms. The second-order valence-corrected chi connectivity index (χ2v) is 7.98. The zero-order valence-electron chi connectivity index (χ0n) is 15.3. The van der Waals surface area contributed by atoms with E-state index >= 15 is 0 Å². The minimum Gasteiger partial charge on any atom is -0.207 e. The highest BCUT2D eigenvalue weighted by Gasteiger charge is 2.24. The van der Waals surface area contributed by atoms with Gasteiger partial charge < -0.3 is 0 Å². The van der Waals surface area contributed by atoms with Crippen molar-refractivity contribution < 1.29 is 8.42 Å². The molecule has 0 amide bonds. The molecular formula is C22H25NO2S. The number of hydrogen-bond acceptors (Lipinski definition) is 2. The molecule has 4 heteroatoms. The SMILES string of the molecule is C=CC/C=C(/c1ccccc1)C(NS(=O)(=O)c1ccc(C)cc1)C(=C)C. The first-order chi connectivity index (χ1) is 12.3. The number of nitrogens with one attached hydrogen (secondary N) is 1. The van der Waals surface area contributed by atoms with Gasteiger partial charge in [0.2, 0.25) is 10.0 Å². The summed E-state index contributed by atoms with van der Waals surface area (Å²) in [5.74, 6) is 0. The highest BCUT2D eigenvalue weighted by atomic mass is 32.2. The van der Waals surface area contributed by atoms with Gasteiger partial charge in [-0.25, -0.2) is 8.42 Å². The molecule has 0 bridgehead atoms. The van der Waals surface area contributed by atoms with Crippen LogP contribution in [0, 0.1) is 6.92 Å². The molecule has 0 aliphatic carbocycles. The first-order valence-corrected chi connectivity index (χ1v) is 9.94. The second kappa shape index (κ2) is 8.79. The molecule has 136 valence electrons. The third-order valence-corrected chi connectivity index (χ3v) is 5.46. The van der Waals surface area contributed by atoms with E-state index in [0.29, 0.717) is 6.42 Å². The van der Waals surface area contributed by atoms with Gasteiger partial charge in [-0.05, 0) is 43.5 Å². The highest BCUT2D eigenvalue weighted by Crippen LogP contribution is 2.25. The number of benzene rings is 2. The molecule has 0 aromatic heterocycles. The third-order valence-electron chi connectivity index (χ3n) is 4.02. The minimum atomic E-state index is -3.68. The fraction of sp³-hybridized carbons (Fsp3) is 0.182. The fourth-order valence-electron chi connectivity index (χ4n) is 2.61. The maximum absolute atomic E-state index is 12.9. The van der Waals surface area contributed by atoms with E-state index in [2.05, 4.69) is 17.9 Å². The average molecular weight is 368 g/mol. The van der Waals surface area contributed by atoms with Crippen LogP contribution in [0.4, 0.5) is 0 Å². The van der Waals surface area contributed by atoms with E-state index in [1.165, 1.54) is 0 Å². The summed E-state index contributed by atoms with van der Waals surface area (Å²) in [5, 5.41) is 0. The summed E-state index contributed by atoms with van der Waals surface area (Å²) in [7, 11) is -3.68. The number of hydrogen-bond donors (Lipinski definition) is 1. The van der Waals surface area contributed by atoms with Gasteiger partial charge in [-0.3, -0.25) is 0 Å². The Morgan fingerprint density at radius 2 is 1.73 bits per heavy atom. The minimum absolute atomic E-state index is 0.241. The van der Waals surface area contributed by atoms with Gasteiger partial charge in [0.1, 0.15) is 0 Å². The van der Waals surface area contributed by atoms with Crippen molar-refractivity contribution in [2.24, 2.45) is 0 Å². The summed E-state index contributed by atoms with van der Waals surface area (Å²) in [5.41, 5.74) is 3.55. The third kappa shape index (κ3) is 5.04. The molecule has 0 aliphatic rings. The van der Waals surface area contributed by atoms with Crippen LogP contribution in [0.1, 0.15) is 24.5 Å². The van der Waals surface area contributed by atoms with Crippen LogP contribution in [-0.4, -0.2) is 14.5 Å². The molecule has 1 atom stereocenters. The maximum Gasteiger partial charge on any atom is 0.241 e. The highest BCUT2D eigenvalue weighted by molar-refractivity contribution is 7.89. The quantitative estimate of drug-likeness (QED) is 0.676. The van der Waals surface area contributed by atoms with Gasteiger partial charge >= 0.3 is 0 Å². The van der Waals surface area contributed by atoms with Gasteiger partial charge in [-0.15, -0.1) is 6.58 Å². The lowest BCUT2D eigenvalue weighted by molar-refractivity contribution is 0.579. The Bertz CT molecular complexity index is 895. The van der Waals surface area contributed by atoms with Crippen LogP contribution in [0.3, 0.4) is 0 Å². The lowest BCUT2D eigenvalue weighted by Crippen LogP contribution is -2.36. The normalized spacial score (nSPS) is 13.2. The lowest BCUT2D eigenvalue weighted by Gasteiger charge is -2.23. The monoisotopic (exact) mass is 367 g/mol.